The Kier molecular flexibility index (Phi) is 9.66. The topological polar surface area (TPSA) is 106 Å². The van der Waals surface area contributed by atoms with Gasteiger partial charge in [0.05, 0.1) is 18.6 Å². The normalized spacial score (nSPS) is 9.84. The summed E-state index contributed by atoms with van der Waals surface area (Å²) >= 11 is 8.15. The first-order valence-corrected chi connectivity index (χ1v) is 8.43. The first-order chi connectivity index (χ1) is 11.9. The molecule has 0 aliphatic carbocycles. The van der Waals surface area contributed by atoms with Crippen molar-refractivity contribution in [1.29, 1.82) is 0 Å². The van der Waals surface area contributed by atoms with E-state index in [2.05, 4.69) is 32.1 Å². The number of ether oxygens (including phenoxy) is 2. The van der Waals surface area contributed by atoms with Crippen LogP contribution in [0.4, 0.5) is 0 Å². The SMILES string of the molecule is COCCOC(=O)CCC(=O)NC(=S)NNC(=O)c1ccccc1Br. The van der Waals surface area contributed by atoms with Crippen molar-refractivity contribution < 1.29 is 23.9 Å². The number of nitrogens with one attached hydrogen (secondary N) is 3. The molecular formula is C15H18BrN3O5S. The number of halogens is 1. The third kappa shape index (κ3) is 8.57. The van der Waals surface area contributed by atoms with Crippen molar-refractivity contribution >= 4 is 51.0 Å². The molecule has 0 radical (unpaired) electrons. The van der Waals surface area contributed by atoms with E-state index in [0.29, 0.717) is 16.6 Å². The maximum absolute atomic E-state index is 11.9. The highest BCUT2D eigenvalue weighted by atomic mass is 79.9. The lowest BCUT2D eigenvalue weighted by atomic mass is 10.2. The molecule has 0 bridgehead atoms. The minimum absolute atomic E-state index is 0.0819. The molecule has 0 fully saturated rings. The van der Waals surface area contributed by atoms with E-state index in [9.17, 15) is 14.4 Å². The fourth-order valence-electron chi connectivity index (χ4n) is 1.57. The molecule has 2 amide bonds. The second-order valence-corrected chi connectivity index (χ2v) is 5.91. The quantitative estimate of drug-likeness (QED) is 0.256. The predicted octanol–water partition coefficient (Wildman–Crippen LogP) is 1.05. The fraction of sp³-hybridized carbons (Fsp3) is 0.333. The van der Waals surface area contributed by atoms with E-state index < -0.39 is 17.8 Å². The minimum atomic E-state index is -0.506. The average molecular weight is 432 g/mol. The van der Waals surface area contributed by atoms with E-state index >= 15 is 0 Å². The van der Waals surface area contributed by atoms with Gasteiger partial charge < -0.3 is 14.8 Å². The summed E-state index contributed by atoms with van der Waals surface area (Å²) in [5.41, 5.74) is 5.18. The maximum atomic E-state index is 11.9. The Morgan fingerprint density at radius 2 is 1.84 bits per heavy atom. The van der Waals surface area contributed by atoms with Gasteiger partial charge in [0, 0.05) is 18.0 Å². The number of carbonyl (C=O) groups excluding carboxylic acids is 3. The molecule has 0 saturated heterocycles. The molecule has 1 aromatic rings. The molecule has 1 rings (SSSR count). The Labute approximate surface area is 158 Å². The van der Waals surface area contributed by atoms with Gasteiger partial charge in [-0.2, -0.15) is 0 Å². The van der Waals surface area contributed by atoms with Crippen molar-refractivity contribution in [3.63, 3.8) is 0 Å². The van der Waals surface area contributed by atoms with Crippen LogP contribution in [0.25, 0.3) is 0 Å². The molecule has 8 nitrogen and oxygen atoms in total. The number of rotatable bonds is 7. The zero-order valence-corrected chi connectivity index (χ0v) is 15.9. The molecule has 136 valence electrons. The van der Waals surface area contributed by atoms with E-state index in [4.69, 9.17) is 21.7 Å². The predicted molar refractivity (Wildman–Crippen MR) is 97.6 cm³/mol. The molecule has 0 unspecified atom stereocenters. The van der Waals surface area contributed by atoms with Gasteiger partial charge in [0.2, 0.25) is 5.91 Å². The van der Waals surface area contributed by atoms with E-state index in [-0.39, 0.29) is 24.6 Å². The number of hydrazine groups is 1. The lowest BCUT2D eigenvalue weighted by Gasteiger charge is -2.11. The van der Waals surface area contributed by atoms with E-state index in [1.807, 2.05) is 0 Å². The molecule has 0 aromatic heterocycles. The summed E-state index contributed by atoms with van der Waals surface area (Å²) in [6.45, 7) is 0.432. The van der Waals surface area contributed by atoms with Gasteiger partial charge in [-0.1, -0.05) is 12.1 Å². The highest BCUT2D eigenvalue weighted by Gasteiger charge is 2.11. The van der Waals surface area contributed by atoms with Crippen LogP contribution in [-0.4, -0.2) is 43.2 Å². The van der Waals surface area contributed by atoms with E-state index in [0.717, 1.165) is 0 Å². The van der Waals surface area contributed by atoms with Gasteiger partial charge in [0.25, 0.3) is 5.91 Å². The first-order valence-electron chi connectivity index (χ1n) is 7.23. The van der Waals surface area contributed by atoms with E-state index in [1.165, 1.54) is 7.11 Å². The van der Waals surface area contributed by atoms with Crippen molar-refractivity contribution in [2.75, 3.05) is 20.3 Å². The van der Waals surface area contributed by atoms with Crippen molar-refractivity contribution in [2.24, 2.45) is 0 Å². The van der Waals surface area contributed by atoms with Gasteiger partial charge in [-0.05, 0) is 40.3 Å². The third-order valence-electron chi connectivity index (χ3n) is 2.77. The van der Waals surface area contributed by atoms with Crippen LogP contribution in [0.2, 0.25) is 0 Å². The smallest absolute Gasteiger partial charge is 0.306 e. The van der Waals surface area contributed by atoms with Crippen molar-refractivity contribution in [3.8, 4) is 0 Å². The Morgan fingerprint density at radius 3 is 2.52 bits per heavy atom. The number of benzene rings is 1. The second-order valence-electron chi connectivity index (χ2n) is 4.65. The Hall–Kier alpha value is -2.04. The largest absolute Gasteiger partial charge is 0.463 e. The number of thiocarbonyl (C=S) groups is 1. The standard InChI is InChI=1S/C15H18BrN3O5S/c1-23-8-9-24-13(21)7-6-12(20)17-15(25)19-18-14(22)10-4-2-3-5-11(10)16/h2-5H,6-9H2,1H3,(H,18,22)(H2,17,19,20,25). The monoisotopic (exact) mass is 431 g/mol. The Bertz CT molecular complexity index is 641. The van der Waals surface area contributed by atoms with Gasteiger partial charge in [0.15, 0.2) is 5.11 Å². The summed E-state index contributed by atoms with van der Waals surface area (Å²) in [7, 11) is 1.49. The lowest BCUT2D eigenvalue weighted by molar-refractivity contribution is -0.146. The van der Waals surface area contributed by atoms with Crippen LogP contribution < -0.4 is 16.2 Å². The van der Waals surface area contributed by atoms with E-state index in [1.54, 1.807) is 24.3 Å². The molecule has 1 aromatic carbocycles. The molecule has 10 heteroatoms. The first kappa shape index (κ1) is 21.0. The second kappa shape index (κ2) is 11.5. The average Bonchev–Trinajstić information content (AvgIpc) is 2.58. The van der Waals surface area contributed by atoms with Crippen LogP contribution in [-0.2, 0) is 19.1 Å². The molecule has 0 saturated carbocycles. The minimum Gasteiger partial charge on any atom is -0.463 e. The molecule has 25 heavy (non-hydrogen) atoms. The molecule has 0 aliphatic heterocycles. The highest BCUT2D eigenvalue weighted by molar-refractivity contribution is 9.10. The fourth-order valence-corrected chi connectivity index (χ4v) is 2.20. The van der Waals surface area contributed by atoms with Gasteiger partial charge in [-0.15, -0.1) is 0 Å². The summed E-state index contributed by atoms with van der Waals surface area (Å²) < 4.78 is 10.2. The molecule has 0 aliphatic rings. The molecule has 0 spiro atoms. The van der Waals surface area contributed by atoms with Gasteiger partial charge >= 0.3 is 5.97 Å². The lowest BCUT2D eigenvalue weighted by Crippen LogP contribution is -2.48. The van der Waals surface area contributed by atoms with Crippen LogP contribution in [0.5, 0.6) is 0 Å². The van der Waals surface area contributed by atoms with Crippen molar-refractivity contribution in [3.05, 3.63) is 34.3 Å². The van der Waals surface area contributed by atoms with Crippen LogP contribution in [0, 0.1) is 0 Å². The summed E-state index contributed by atoms with van der Waals surface area (Å²) in [4.78, 5) is 35.0. The highest BCUT2D eigenvalue weighted by Crippen LogP contribution is 2.15. The van der Waals surface area contributed by atoms with Gasteiger partial charge in [0.1, 0.15) is 6.61 Å². The number of amides is 2. The third-order valence-corrected chi connectivity index (χ3v) is 3.66. The van der Waals surface area contributed by atoms with Crippen molar-refractivity contribution in [2.45, 2.75) is 12.8 Å². The number of carbonyl (C=O) groups is 3. The van der Waals surface area contributed by atoms with Crippen LogP contribution in [0.1, 0.15) is 23.2 Å². The van der Waals surface area contributed by atoms with Gasteiger partial charge in [-0.25, -0.2) is 0 Å². The Balaban J connectivity index is 2.27. The zero-order valence-electron chi connectivity index (χ0n) is 13.5. The Morgan fingerprint density at radius 1 is 1.12 bits per heavy atom. The summed E-state index contributed by atoms with van der Waals surface area (Å²) in [6.07, 6.45) is -0.173. The number of hydrogen-bond donors (Lipinski definition) is 3. The number of esters is 1. The van der Waals surface area contributed by atoms with Gasteiger partial charge in [-0.3, -0.25) is 25.2 Å². The summed E-state index contributed by atoms with van der Waals surface area (Å²) in [6, 6.07) is 6.84. The zero-order chi connectivity index (χ0) is 18.7. The molecule has 0 atom stereocenters. The summed E-state index contributed by atoms with van der Waals surface area (Å²) in [5, 5.41) is 2.26. The summed E-state index contributed by atoms with van der Waals surface area (Å²) in [5.74, 6) is -1.41. The maximum Gasteiger partial charge on any atom is 0.306 e. The van der Waals surface area contributed by atoms with Crippen LogP contribution in [0.15, 0.2) is 28.7 Å². The van der Waals surface area contributed by atoms with Crippen molar-refractivity contribution in [1.82, 2.24) is 16.2 Å². The van der Waals surface area contributed by atoms with Crippen LogP contribution >= 0.6 is 28.1 Å². The van der Waals surface area contributed by atoms with Crippen LogP contribution in [0.3, 0.4) is 0 Å². The molecule has 3 N–H and O–H groups in total. The number of methoxy groups -OCH3 is 1. The number of hydrogen-bond acceptors (Lipinski definition) is 6. The molecule has 0 heterocycles. The molecular weight excluding hydrogens is 414 g/mol.